The monoisotopic (exact) mass is 242 g/mol. The summed E-state index contributed by atoms with van der Waals surface area (Å²) in [7, 11) is 0. The molecule has 1 fully saturated rings. The number of rotatable bonds is 6. The van der Waals surface area contributed by atoms with Gasteiger partial charge in [-0.25, -0.2) is 4.98 Å². The van der Waals surface area contributed by atoms with Crippen molar-refractivity contribution in [3.05, 3.63) is 11.6 Å². The predicted molar refractivity (Wildman–Crippen MR) is 63.9 cm³/mol. The van der Waals surface area contributed by atoms with Gasteiger partial charge in [-0.1, -0.05) is 24.2 Å². The number of nitrogens with one attached hydrogen (secondary N) is 1. The first kappa shape index (κ1) is 11.8. The number of hydrogen-bond acceptors (Lipinski definition) is 5. The molecule has 1 aliphatic rings. The number of aliphatic hydroxyl groups is 1. The molecule has 1 aromatic rings. The maximum atomic E-state index is 9.70. The van der Waals surface area contributed by atoms with Crippen molar-refractivity contribution in [2.45, 2.75) is 37.8 Å². The highest BCUT2D eigenvalue weighted by Gasteiger charge is 2.15. The van der Waals surface area contributed by atoms with Crippen molar-refractivity contribution >= 4 is 11.3 Å². The van der Waals surface area contributed by atoms with E-state index in [9.17, 15) is 5.11 Å². The van der Waals surface area contributed by atoms with Crippen LogP contribution in [0.2, 0.25) is 0 Å². The summed E-state index contributed by atoms with van der Waals surface area (Å²) in [4.78, 5) is 3.99. The van der Waals surface area contributed by atoms with Gasteiger partial charge in [0.25, 0.3) is 5.19 Å². The molecule has 1 unspecified atom stereocenters. The minimum atomic E-state index is -0.454. The van der Waals surface area contributed by atoms with E-state index in [2.05, 4.69) is 10.3 Å². The number of nitrogens with zero attached hydrogens (tertiary/aromatic N) is 1. The maximum absolute atomic E-state index is 9.70. The van der Waals surface area contributed by atoms with Gasteiger partial charge >= 0.3 is 0 Å². The second-order valence-corrected chi connectivity index (χ2v) is 5.01. The average Bonchev–Trinajstić information content (AvgIpc) is 2.96. The lowest BCUT2D eigenvalue weighted by Crippen LogP contribution is -2.36. The van der Waals surface area contributed by atoms with Gasteiger partial charge in [0.15, 0.2) is 0 Å². The molecule has 0 aromatic carbocycles. The Labute approximate surface area is 99.7 Å². The molecule has 5 heteroatoms. The van der Waals surface area contributed by atoms with Crippen LogP contribution in [0.4, 0.5) is 0 Å². The fourth-order valence-corrected chi connectivity index (χ4v) is 2.44. The predicted octanol–water partition coefficient (Wildman–Crippen LogP) is 1.41. The number of aliphatic hydroxyl groups excluding tert-OH is 1. The van der Waals surface area contributed by atoms with E-state index < -0.39 is 6.10 Å². The Morgan fingerprint density at radius 1 is 1.56 bits per heavy atom. The average molecular weight is 242 g/mol. The summed E-state index contributed by atoms with van der Waals surface area (Å²) in [5.41, 5.74) is 0. The largest absolute Gasteiger partial charge is 0.467 e. The highest BCUT2D eigenvalue weighted by Crippen LogP contribution is 2.17. The van der Waals surface area contributed by atoms with Gasteiger partial charge in [0, 0.05) is 24.2 Å². The molecule has 1 aromatic heterocycles. The lowest BCUT2D eigenvalue weighted by atomic mass is 10.2. The fourth-order valence-electron chi connectivity index (χ4n) is 1.94. The Morgan fingerprint density at radius 3 is 3.06 bits per heavy atom. The topological polar surface area (TPSA) is 54.4 Å². The molecule has 2 N–H and O–H groups in total. The molecule has 16 heavy (non-hydrogen) atoms. The maximum Gasteiger partial charge on any atom is 0.273 e. The lowest BCUT2D eigenvalue weighted by Gasteiger charge is -2.15. The number of thiazole rings is 1. The normalized spacial score (nSPS) is 18.8. The Kier molecular flexibility index (Phi) is 4.56. The second-order valence-electron chi connectivity index (χ2n) is 4.15. The molecule has 4 nitrogen and oxygen atoms in total. The quantitative estimate of drug-likeness (QED) is 0.792. The molecule has 1 heterocycles. The van der Waals surface area contributed by atoms with E-state index in [4.69, 9.17) is 4.74 Å². The van der Waals surface area contributed by atoms with Crippen LogP contribution in [0, 0.1) is 0 Å². The zero-order valence-electron chi connectivity index (χ0n) is 9.26. The molecule has 0 saturated heterocycles. The minimum absolute atomic E-state index is 0.313. The van der Waals surface area contributed by atoms with Gasteiger partial charge in [-0.05, 0) is 12.8 Å². The van der Waals surface area contributed by atoms with Crippen LogP contribution in [0.25, 0.3) is 0 Å². The van der Waals surface area contributed by atoms with E-state index in [-0.39, 0.29) is 0 Å². The van der Waals surface area contributed by atoms with E-state index >= 15 is 0 Å². The molecular weight excluding hydrogens is 224 g/mol. The van der Waals surface area contributed by atoms with Crippen LogP contribution in [-0.4, -0.2) is 35.4 Å². The molecule has 1 saturated carbocycles. The molecule has 1 aliphatic carbocycles. The van der Waals surface area contributed by atoms with Crippen LogP contribution in [0.15, 0.2) is 11.6 Å². The first-order valence-electron chi connectivity index (χ1n) is 5.78. The van der Waals surface area contributed by atoms with Crippen LogP contribution in [0.3, 0.4) is 0 Å². The van der Waals surface area contributed by atoms with E-state index in [0.717, 1.165) is 0 Å². The Hall–Kier alpha value is -0.650. The van der Waals surface area contributed by atoms with Crippen molar-refractivity contribution in [3.8, 4) is 5.19 Å². The highest BCUT2D eigenvalue weighted by atomic mass is 32.1. The molecule has 0 bridgehead atoms. The molecule has 0 spiro atoms. The van der Waals surface area contributed by atoms with E-state index in [1.54, 1.807) is 6.20 Å². The van der Waals surface area contributed by atoms with Gasteiger partial charge in [0.1, 0.15) is 12.7 Å². The standard InChI is InChI=1S/C11H18N2O2S/c14-10(7-13-9-3-1-2-4-9)8-15-11-12-5-6-16-11/h5-6,9-10,13-14H,1-4,7-8H2. The summed E-state index contributed by atoms with van der Waals surface area (Å²) < 4.78 is 5.34. The van der Waals surface area contributed by atoms with E-state index in [1.807, 2.05) is 5.38 Å². The number of ether oxygens (including phenoxy) is 1. The molecule has 0 aliphatic heterocycles. The fraction of sp³-hybridized carbons (Fsp3) is 0.727. The van der Waals surface area contributed by atoms with Gasteiger partial charge in [0.2, 0.25) is 0 Å². The van der Waals surface area contributed by atoms with E-state index in [0.29, 0.717) is 24.4 Å². The smallest absolute Gasteiger partial charge is 0.273 e. The summed E-state index contributed by atoms with van der Waals surface area (Å²) in [6.45, 7) is 0.920. The van der Waals surface area contributed by atoms with Crippen molar-refractivity contribution in [1.29, 1.82) is 0 Å². The first-order chi connectivity index (χ1) is 7.84. The number of aromatic nitrogens is 1. The van der Waals surface area contributed by atoms with Crippen LogP contribution in [0.5, 0.6) is 5.19 Å². The molecule has 0 amide bonds. The summed E-state index contributed by atoms with van der Waals surface area (Å²) in [6.07, 6.45) is 6.33. The summed E-state index contributed by atoms with van der Waals surface area (Å²) in [5.74, 6) is 0. The third-order valence-corrected chi connectivity index (χ3v) is 3.49. The van der Waals surface area contributed by atoms with Crippen molar-refractivity contribution in [3.63, 3.8) is 0 Å². The molecule has 2 rings (SSSR count). The summed E-state index contributed by atoms with van der Waals surface area (Å²) in [6, 6.07) is 0.592. The van der Waals surface area contributed by atoms with E-state index in [1.165, 1.54) is 37.0 Å². The van der Waals surface area contributed by atoms with Gasteiger partial charge in [0.05, 0.1) is 0 Å². The van der Waals surface area contributed by atoms with Crippen molar-refractivity contribution < 1.29 is 9.84 Å². The second kappa shape index (κ2) is 6.18. The Morgan fingerprint density at radius 2 is 2.38 bits per heavy atom. The lowest BCUT2D eigenvalue weighted by molar-refractivity contribution is 0.103. The molecular formula is C11H18N2O2S. The van der Waals surface area contributed by atoms with Crippen LogP contribution >= 0.6 is 11.3 Å². The Bertz CT molecular complexity index is 286. The van der Waals surface area contributed by atoms with Gasteiger partial charge in [-0.15, -0.1) is 0 Å². The van der Waals surface area contributed by atoms with Gasteiger partial charge in [-0.2, -0.15) is 0 Å². The van der Waals surface area contributed by atoms with Gasteiger partial charge in [-0.3, -0.25) is 0 Å². The third kappa shape index (κ3) is 3.73. The minimum Gasteiger partial charge on any atom is -0.467 e. The first-order valence-corrected chi connectivity index (χ1v) is 6.66. The summed E-state index contributed by atoms with van der Waals surface area (Å²) in [5, 5.41) is 15.5. The van der Waals surface area contributed by atoms with Gasteiger partial charge < -0.3 is 15.2 Å². The molecule has 90 valence electrons. The molecule has 1 atom stereocenters. The third-order valence-electron chi connectivity index (χ3n) is 2.81. The van der Waals surface area contributed by atoms with Crippen molar-refractivity contribution in [2.24, 2.45) is 0 Å². The van der Waals surface area contributed by atoms with Crippen LogP contribution in [0.1, 0.15) is 25.7 Å². The highest BCUT2D eigenvalue weighted by molar-refractivity contribution is 7.11. The van der Waals surface area contributed by atoms with Crippen molar-refractivity contribution in [2.75, 3.05) is 13.2 Å². The zero-order valence-corrected chi connectivity index (χ0v) is 10.1. The SMILES string of the molecule is OC(CNC1CCCC1)COc1nccs1. The zero-order chi connectivity index (χ0) is 11.2. The summed E-state index contributed by atoms with van der Waals surface area (Å²) >= 11 is 1.44. The number of hydrogen-bond donors (Lipinski definition) is 2. The Balaban J connectivity index is 1.58. The molecule has 0 radical (unpaired) electrons. The van der Waals surface area contributed by atoms with Crippen LogP contribution in [-0.2, 0) is 0 Å². The van der Waals surface area contributed by atoms with Crippen molar-refractivity contribution in [1.82, 2.24) is 10.3 Å². The van der Waals surface area contributed by atoms with Crippen LogP contribution < -0.4 is 10.1 Å².